The molecular weight excluding hydrogens is 573 g/mol. The molecule has 0 radical (unpaired) electrons. The number of aromatic nitrogens is 2. The molecule has 0 saturated heterocycles. The predicted molar refractivity (Wildman–Crippen MR) is 161 cm³/mol. The van der Waals surface area contributed by atoms with E-state index < -0.39 is 22.9 Å². The average Bonchev–Trinajstić information content (AvgIpc) is 3.36. The molecule has 1 aliphatic rings. The summed E-state index contributed by atoms with van der Waals surface area (Å²) < 4.78 is 46.5. The highest BCUT2D eigenvalue weighted by Crippen LogP contribution is 2.44. The molecule has 0 spiro atoms. The van der Waals surface area contributed by atoms with Gasteiger partial charge in [0.1, 0.15) is 12.4 Å². The van der Waals surface area contributed by atoms with Gasteiger partial charge in [0.2, 0.25) is 0 Å². The third-order valence-electron chi connectivity index (χ3n) is 7.17. The van der Waals surface area contributed by atoms with Crippen molar-refractivity contribution < 1.29 is 23.0 Å². The highest BCUT2D eigenvalue weighted by Gasteiger charge is 2.30. The maximum Gasteiger partial charge on any atom is 0.416 e. The van der Waals surface area contributed by atoms with Crippen LogP contribution in [-0.2, 0) is 12.6 Å². The molecule has 218 valence electrons. The summed E-state index contributed by atoms with van der Waals surface area (Å²) in [4.78, 5) is 18.2. The molecule has 43 heavy (non-hydrogen) atoms. The number of fused-ring (bicyclic) bond motifs is 3. The van der Waals surface area contributed by atoms with E-state index in [9.17, 15) is 23.1 Å². The van der Waals surface area contributed by atoms with Gasteiger partial charge in [0, 0.05) is 28.5 Å². The lowest BCUT2D eigenvalue weighted by Crippen LogP contribution is -2.28. The maximum absolute atomic E-state index is 13.6. The van der Waals surface area contributed by atoms with E-state index in [1.165, 1.54) is 34.0 Å². The Labute approximate surface area is 250 Å². The van der Waals surface area contributed by atoms with Crippen LogP contribution in [0.3, 0.4) is 0 Å². The van der Waals surface area contributed by atoms with Gasteiger partial charge < -0.3 is 9.84 Å². The Bertz CT molecular complexity index is 1880. The summed E-state index contributed by atoms with van der Waals surface area (Å²) in [7, 11) is 0. The molecule has 4 aromatic carbocycles. The molecule has 1 heterocycles. The predicted octanol–water partition coefficient (Wildman–Crippen LogP) is 7.79. The van der Waals surface area contributed by atoms with Crippen LogP contribution in [-0.4, -0.2) is 26.9 Å². The van der Waals surface area contributed by atoms with Crippen LogP contribution in [0.25, 0.3) is 27.9 Å². The number of hydrogen-bond donors (Lipinski definition) is 1. The topological polar surface area (TPSA) is 64.3 Å². The van der Waals surface area contributed by atoms with Crippen molar-refractivity contribution in [1.82, 2.24) is 9.55 Å². The van der Waals surface area contributed by atoms with E-state index in [0.717, 1.165) is 52.6 Å². The van der Waals surface area contributed by atoms with Gasteiger partial charge >= 0.3 is 6.18 Å². The first-order chi connectivity index (χ1) is 20.5. The lowest BCUT2D eigenvalue weighted by Gasteiger charge is -2.21. The monoisotopic (exact) mass is 600 g/mol. The molecule has 0 fully saturated rings. The Kier molecular flexibility index (Phi) is 7.40. The number of nitrogens with zero attached hydrogens (tertiary/aromatic N) is 2. The summed E-state index contributed by atoms with van der Waals surface area (Å²) in [5, 5.41) is 10.5. The van der Waals surface area contributed by atoms with Gasteiger partial charge in [0.25, 0.3) is 5.56 Å². The van der Waals surface area contributed by atoms with E-state index in [1.807, 2.05) is 30.3 Å². The molecule has 5 nitrogen and oxygen atoms in total. The largest absolute Gasteiger partial charge is 0.490 e. The van der Waals surface area contributed by atoms with Gasteiger partial charge in [-0.25, -0.2) is 4.98 Å². The molecule has 0 bridgehead atoms. The quantitative estimate of drug-likeness (QED) is 0.203. The summed E-state index contributed by atoms with van der Waals surface area (Å²) >= 11 is 1.00. The van der Waals surface area contributed by atoms with Gasteiger partial charge in [-0.15, -0.1) is 0 Å². The van der Waals surface area contributed by atoms with Crippen LogP contribution in [0.1, 0.15) is 30.5 Å². The summed E-state index contributed by atoms with van der Waals surface area (Å²) in [6.45, 7) is 3.41. The van der Waals surface area contributed by atoms with Gasteiger partial charge in [0.15, 0.2) is 5.03 Å². The third kappa shape index (κ3) is 5.96. The van der Waals surface area contributed by atoms with Crippen molar-refractivity contribution in [2.75, 3.05) is 6.61 Å². The zero-order valence-corrected chi connectivity index (χ0v) is 24.2. The third-order valence-corrected chi connectivity index (χ3v) is 8.15. The van der Waals surface area contributed by atoms with Crippen molar-refractivity contribution >= 4 is 11.8 Å². The van der Waals surface area contributed by atoms with E-state index in [2.05, 4.69) is 23.2 Å². The highest BCUT2D eigenvalue weighted by atomic mass is 32.2. The molecule has 1 aromatic heterocycles. The zero-order valence-electron chi connectivity index (χ0n) is 23.4. The fraction of sp³-hybridized carbons (Fsp3) is 0.176. The van der Waals surface area contributed by atoms with Crippen molar-refractivity contribution in [2.24, 2.45) is 0 Å². The van der Waals surface area contributed by atoms with E-state index in [1.54, 1.807) is 32.2 Å². The molecule has 0 unspecified atom stereocenters. The first-order valence-electron chi connectivity index (χ1n) is 13.6. The van der Waals surface area contributed by atoms with Crippen molar-refractivity contribution in [3.63, 3.8) is 0 Å². The number of alkyl halides is 3. The smallest absolute Gasteiger partial charge is 0.416 e. The fourth-order valence-corrected chi connectivity index (χ4v) is 5.95. The molecule has 0 aliphatic heterocycles. The molecular formula is C34H27F3N2O3S. The number of benzene rings is 4. The minimum Gasteiger partial charge on any atom is -0.490 e. The summed E-state index contributed by atoms with van der Waals surface area (Å²) in [5.74, 6) is 0.566. The van der Waals surface area contributed by atoms with Crippen molar-refractivity contribution in [2.45, 2.75) is 42.0 Å². The molecule has 0 amide bonds. The van der Waals surface area contributed by atoms with Gasteiger partial charge in [0.05, 0.1) is 11.2 Å². The maximum atomic E-state index is 13.6. The second-order valence-corrected chi connectivity index (χ2v) is 12.0. The normalized spacial score (nSPS) is 12.6. The summed E-state index contributed by atoms with van der Waals surface area (Å²) in [6, 6.07) is 24.5. The van der Waals surface area contributed by atoms with Gasteiger partial charge in [-0.3, -0.25) is 9.36 Å². The molecule has 6 rings (SSSR count). The molecule has 0 atom stereocenters. The van der Waals surface area contributed by atoms with Crippen LogP contribution in [0, 0.1) is 0 Å². The number of aliphatic hydroxyl groups is 1. The minimum atomic E-state index is -4.44. The first-order valence-corrected chi connectivity index (χ1v) is 14.4. The number of rotatable bonds is 7. The lowest BCUT2D eigenvalue weighted by atomic mass is 9.94. The van der Waals surface area contributed by atoms with Crippen LogP contribution >= 0.6 is 11.8 Å². The standard InChI is InChI=1S/C34H27F3N2O3S/c1-33(2,41)20-42-30-15-12-23(19-29(30)27-9-5-8-26-25-7-4-3-6-21(25)18-28(26)27)39-17-16-38-31(32(39)40)43-24-13-10-22(11-14-24)34(35,36)37/h3-17,19,41H,18,20H2,1-2H3. The SMILES string of the molecule is CC(C)(O)COc1ccc(-n2ccnc(Sc3ccc(C(F)(F)F)cc3)c2=O)cc1-c1cccc2c1Cc1ccccc1-2. The molecule has 5 aromatic rings. The highest BCUT2D eigenvalue weighted by molar-refractivity contribution is 7.99. The fourth-order valence-electron chi connectivity index (χ4n) is 5.16. The Morgan fingerprint density at radius 2 is 1.60 bits per heavy atom. The molecule has 9 heteroatoms. The van der Waals surface area contributed by atoms with Crippen molar-refractivity contribution in [1.29, 1.82) is 0 Å². The summed E-state index contributed by atoms with van der Waals surface area (Å²) in [6.07, 6.45) is -0.646. The van der Waals surface area contributed by atoms with Crippen LogP contribution in [0.5, 0.6) is 5.75 Å². The molecule has 0 saturated carbocycles. The number of hydrogen-bond acceptors (Lipinski definition) is 5. The van der Waals surface area contributed by atoms with Crippen molar-refractivity contribution in [3.8, 4) is 33.7 Å². The van der Waals surface area contributed by atoms with Crippen LogP contribution in [0.15, 0.2) is 112 Å². The Morgan fingerprint density at radius 3 is 2.33 bits per heavy atom. The molecule has 1 N–H and O–H groups in total. The minimum absolute atomic E-state index is 0.0672. The van der Waals surface area contributed by atoms with Crippen LogP contribution in [0.4, 0.5) is 13.2 Å². The number of ether oxygens (including phenoxy) is 1. The Morgan fingerprint density at radius 1 is 0.907 bits per heavy atom. The Balaban J connectivity index is 1.41. The van der Waals surface area contributed by atoms with Gasteiger partial charge in [-0.2, -0.15) is 13.2 Å². The average molecular weight is 601 g/mol. The second-order valence-electron chi connectivity index (χ2n) is 11.0. The Hall–Kier alpha value is -4.34. The van der Waals surface area contributed by atoms with Gasteiger partial charge in [-0.05, 0) is 90.6 Å². The van der Waals surface area contributed by atoms with Gasteiger partial charge in [-0.1, -0.05) is 54.2 Å². The van der Waals surface area contributed by atoms with Crippen molar-refractivity contribution in [3.05, 3.63) is 124 Å². The summed E-state index contributed by atoms with van der Waals surface area (Å²) in [5.41, 5.74) is 4.78. The van der Waals surface area contributed by atoms with E-state index in [0.29, 0.717) is 16.3 Å². The first kappa shape index (κ1) is 28.8. The lowest BCUT2D eigenvalue weighted by molar-refractivity contribution is -0.137. The van der Waals surface area contributed by atoms with E-state index in [-0.39, 0.29) is 11.6 Å². The zero-order chi connectivity index (χ0) is 30.4. The molecule has 1 aliphatic carbocycles. The van der Waals surface area contributed by atoms with E-state index in [4.69, 9.17) is 4.74 Å². The second kappa shape index (κ2) is 11.1. The van der Waals surface area contributed by atoms with Crippen LogP contribution in [0.2, 0.25) is 0 Å². The van der Waals surface area contributed by atoms with E-state index >= 15 is 0 Å². The number of halogens is 3. The van der Waals surface area contributed by atoms with Crippen LogP contribution < -0.4 is 10.3 Å².